The maximum atomic E-state index is 8.91. The molecular weight excluding hydrogens is 230 g/mol. The van der Waals surface area contributed by atoms with Gasteiger partial charge in [-0.15, -0.1) is 0 Å². The van der Waals surface area contributed by atoms with Gasteiger partial charge in [0.05, 0.1) is 6.61 Å². The Balaban J connectivity index is 2.16. The lowest BCUT2D eigenvalue weighted by atomic mass is 10.1. The summed E-state index contributed by atoms with van der Waals surface area (Å²) in [5.41, 5.74) is 9.16. The number of aliphatic hydroxyl groups is 1. The highest BCUT2D eigenvalue weighted by Crippen LogP contribution is 2.13. The fraction of sp³-hybridized carbons (Fsp3) is 0.385. The summed E-state index contributed by atoms with van der Waals surface area (Å²) in [7, 11) is 0. The summed E-state index contributed by atoms with van der Waals surface area (Å²) in [5.74, 6) is 0.857. The number of aromatic nitrogens is 2. The summed E-state index contributed by atoms with van der Waals surface area (Å²) < 4.78 is 5.00. The summed E-state index contributed by atoms with van der Waals surface area (Å²) in [6, 6.07) is 5.70. The lowest BCUT2D eigenvalue weighted by Gasteiger charge is -2.02. The second-order valence-corrected chi connectivity index (χ2v) is 4.51. The molecule has 0 saturated carbocycles. The molecule has 0 aliphatic heterocycles. The number of aliphatic hydroxyl groups excluding tert-OH is 1. The molecule has 0 saturated heterocycles. The van der Waals surface area contributed by atoms with Gasteiger partial charge in [0.1, 0.15) is 6.04 Å². The van der Waals surface area contributed by atoms with E-state index in [0.717, 1.165) is 5.56 Å². The summed E-state index contributed by atoms with van der Waals surface area (Å²) in [5, 5.41) is 12.8. The number of benzene rings is 1. The maximum absolute atomic E-state index is 8.91. The lowest BCUT2D eigenvalue weighted by molar-refractivity contribution is 0.236. The molecule has 1 heterocycles. The van der Waals surface area contributed by atoms with E-state index in [9.17, 15) is 0 Å². The zero-order valence-electron chi connectivity index (χ0n) is 10.6. The van der Waals surface area contributed by atoms with Crippen molar-refractivity contribution >= 4 is 0 Å². The summed E-state index contributed by atoms with van der Waals surface area (Å²) >= 11 is 0. The van der Waals surface area contributed by atoms with Crippen LogP contribution >= 0.6 is 0 Å². The topological polar surface area (TPSA) is 85.2 Å². The second kappa shape index (κ2) is 5.29. The Bertz CT molecular complexity index is 517. The molecule has 5 nitrogen and oxygen atoms in total. The fourth-order valence-corrected chi connectivity index (χ4v) is 1.92. The zero-order chi connectivity index (χ0) is 13.1. The third-order valence-electron chi connectivity index (χ3n) is 2.64. The first-order valence-electron chi connectivity index (χ1n) is 5.84. The average molecular weight is 247 g/mol. The minimum Gasteiger partial charge on any atom is -0.394 e. The minimum absolute atomic E-state index is 0.203. The first-order chi connectivity index (χ1) is 8.58. The van der Waals surface area contributed by atoms with Crippen LogP contribution in [0.1, 0.15) is 34.4 Å². The van der Waals surface area contributed by atoms with Crippen molar-refractivity contribution in [3.05, 3.63) is 46.6 Å². The SMILES string of the molecule is Cc1cc(C)cc(Cc2noc([C@H](N)CO)n2)c1. The Labute approximate surface area is 106 Å². The Morgan fingerprint density at radius 1 is 1.28 bits per heavy atom. The lowest BCUT2D eigenvalue weighted by Crippen LogP contribution is -2.14. The van der Waals surface area contributed by atoms with E-state index in [1.165, 1.54) is 11.1 Å². The molecule has 1 atom stereocenters. The Hall–Kier alpha value is -1.72. The summed E-state index contributed by atoms with van der Waals surface area (Å²) in [6.45, 7) is 3.91. The molecular formula is C13H17N3O2. The highest BCUT2D eigenvalue weighted by molar-refractivity contribution is 5.30. The standard InChI is InChI=1S/C13H17N3O2/c1-8-3-9(2)5-10(4-8)6-12-15-13(18-16-12)11(14)7-17/h3-5,11,17H,6-7,14H2,1-2H3/t11-/m1/s1. The van der Waals surface area contributed by atoms with Gasteiger partial charge in [0.15, 0.2) is 5.82 Å². The molecule has 18 heavy (non-hydrogen) atoms. The Kier molecular flexibility index (Phi) is 3.74. The first kappa shape index (κ1) is 12.7. The molecule has 0 aliphatic rings. The number of nitrogens with two attached hydrogens (primary N) is 1. The number of aryl methyl sites for hydroxylation is 2. The van der Waals surface area contributed by atoms with Gasteiger partial charge in [-0.2, -0.15) is 4.98 Å². The molecule has 0 amide bonds. The van der Waals surface area contributed by atoms with Gasteiger partial charge < -0.3 is 15.4 Å². The fourth-order valence-electron chi connectivity index (χ4n) is 1.92. The highest BCUT2D eigenvalue weighted by Gasteiger charge is 2.13. The van der Waals surface area contributed by atoms with Gasteiger partial charge in [0, 0.05) is 6.42 Å². The molecule has 0 spiro atoms. The van der Waals surface area contributed by atoms with Crippen LogP contribution < -0.4 is 5.73 Å². The van der Waals surface area contributed by atoms with Crippen LogP contribution in [0.3, 0.4) is 0 Å². The number of rotatable bonds is 4. The van der Waals surface area contributed by atoms with E-state index in [-0.39, 0.29) is 12.5 Å². The van der Waals surface area contributed by atoms with Gasteiger partial charge in [-0.05, 0) is 19.4 Å². The molecule has 1 aromatic heterocycles. The third kappa shape index (κ3) is 2.94. The van der Waals surface area contributed by atoms with Crippen molar-refractivity contribution in [2.75, 3.05) is 6.61 Å². The van der Waals surface area contributed by atoms with E-state index < -0.39 is 6.04 Å². The predicted octanol–water partition coefficient (Wildman–Crippen LogP) is 1.27. The molecule has 0 fully saturated rings. The number of hydrogen-bond acceptors (Lipinski definition) is 5. The van der Waals surface area contributed by atoms with Crippen molar-refractivity contribution in [2.45, 2.75) is 26.3 Å². The van der Waals surface area contributed by atoms with Crippen LogP contribution in [-0.2, 0) is 6.42 Å². The average Bonchev–Trinajstić information content (AvgIpc) is 2.75. The smallest absolute Gasteiger partial charge is 0.245 e. The quantitative estimate of drug-likeness (QED) is 0.849. The van der Waals surface area contributed by atoms with Crippen LogP contribution in [0, 0.1) is 13.8 Å². The van der Waals surface area contributed by atoms with Crippen molar-refractivity contribution < 1.29 is 9.63 Å². The molecule has 0 bridgehead atoms. The second-order valence-electron chi connectivity index (χ2n) is 4.51. The summed E-state index contributed by atoms with van der Waals surface area (Å²) in [6.07, 6.45) is 0.601. The zero-order valence-corrected chi connectivity index (χ0v) is 10.6. The van der Waals surface area contributed by atoms with Crippen molar-refractivity contribution in [3.8, 4) is 0 Å². The van der Waals surface area contributed by atoms with Gasteiger partial charge in [-0.1, -0.05) is 34.5 Å². The molecule has 5 heteroatoms. The molecule has 0 unspecified atom stereocenters. The van der Waals surface area contributed by atoms with Gasteiger partial charge in [-0.25, -0.2) is 0 Å². The number of nitrogens with zero attached hydrogens (tertiary/aromatic N) is 2. The molecule has 3 N–H and O–H groups in total. The van der Waals surface area contributed by atoms with Gasteiger partial charge in [-0.3, -0.25) is 0 Å². The van der Waals surface area contributed by atoms with Crippen LogP contribution in [0.5, 0.6) is 0 Å². The molecule has 0 aliphatic carbocycles. The van der Waals surface area contributed by atoms with Crippen molar-refractivity contribution in [1.29, 1.82) is 0 Å². The van der Waals surface area contributed by atoms with Gasteiger partial charge >= 0.3 is 0 Å². The molecule has 1 aromatic carbocycles. The Morgan fingerprint density at radius 2 is 1.94 bits per heavy atom. The molecule has 2 rings (SSSR count). The van der Waals surface area contributed by atoms with E-state index in [1.807, 2.05) is 0 Å². The van der Waals surface area contributed by atoms with E-state index in [1.54, 1.807) is 0 Å². The largest absolute Gasteiger partial charge is 0.394 e. The normalized spacial score (nSPS) is 12.7. The van der Waals surface area contributed by atoms with Crippen LogP contribution in [0.4, 0.5) is 0 Å². The van der Waals surface area contributed by atoms with Crippen LogP contribution in [0.25, 0.3) is 0 Å². The van der Waals surface area contributed by atoms with E-state index in [0.29, 0.717) is 12.2 Å². The number of hydrogen-bond donors (Lipinski definition) is 2. The maximum Gasteiger partial charge on any atom is 0.245 e. The summed E-state index contributed by atoms with van der Waals surface area (Å²) in [4.78, 5) is 4.17. The van der Waals surface area contributed by atoms with E-state index >= 15 is 0 Å². The molecule has 2 aromatic rings. The van der Waals surface area contributed by atoms with Crippen LogP contribution in [-0.4, -0.2) is 21.9 Å². The minimum atomic E-state index is -0.606. The highest BCUT2D eigenvalue weighted by atomic mass is 16.5. The predicted molar refractivity (Wildman–Crippen MR) is 67.0 cm³/mol. The van der Waals surface area contributed by atoms with Crippen LogP contribution in [0.15, 0.2) is 22.7 Å². The van der Waals surface area contributed by atoms with Crippen molar-refractivity contribution in [1.82, 2.24) is 10.1 Å². The van der Waals surface area contributed by atoms with Gasteiger partial charge in [0.2, 0.25) is 5.89 Å². The van der Waals surface area contributed by atoms with Crippen molar-refractivity contribution in [2.24, 2.45) is 5.73 Å². The Morgan fingerprint density at radius 3 is 2.56 bits per heavy atom. The third-order valence-corrected chi connectivity index (χ3v) is 2.64. The monoisotopic (exact) mass is 247 g/mol. The van der Waals surface area contributed by atoms with E-state index in [2.05, 4.69) is 42.2 Å². The van der Waals surface area contributed by atoms with E-state index in [4.69, 9.17) is 15.4 Å². The molecule has 0 radical (unpaired) electrons. The molecule has 96 valence electrons. The van der Waals surface area contributed by atoms with Crippen molar-refractivity contribution in [3.63, 3.8) is 0 Å². The first-order valence-corrected chi connectivity index (χ1v) is 5.84. The van der Waals surface area contributed by atoms with Crippen LogP contribution in [0.2, 0.25) is 0 Å². The van der Waals surface area contributed by atoms with Gasteiger partial charge in [0.25, 0.3) is 0 Å².